The maximum Gasteiger partial charge on any atom is 0.240 e. The zero-order valence-electron chi connectivity index (χ0n) is 11.8. The van der Waals surface area contributed by atoms with Crippen LogP contribution in [0.2, 0.25) is 0 Å². The lowest BCUT2D eigenvalue weighted by molar-refractivity contribution is 0.171. The molecular weight excluding hydrogens is 276 g/mol. The standard InChI is InChI=1S/C14H20N2O3S/c1-3-4-13(11-19-2)16-20(17,18)14-7-5-12(6-8-14)9-10-15/h5-8,13,16H,3-4,9,11H2,1-2H3. The molecule has 1 atom stereocenters. The van der Waals surface area contributed by atoms with Crippen LogP contribution in [-0.4, -0.2) is 28.2 Å². The molecule has 20 heavy (non-hydrogen) atoms. The van der Waals surface area contributed by atoms with E-state index in [0.717, 1.165) is 18.4 Å². The summed E-state index contributed by atoms with van der Waals surface area (Å²) in [6.45, 7) is 2.34. The van der Waals surface area contributed by atoms with E-state index in [-0.39, 0.29) is 17.4 Å². The van der Waals surface area contributed by atoms with E-state index in [4.69, 9.17) is 10.00 Å². The minimum absolute atomic E-state index is 0.205. The second kappa shape index (κ2) is 8.00. The van der Waals surface area contributed by atoms with Crippen LogP contribution in [0.15, 0.2) is 29.2 Å². The third-order valence-electron chi connectivity index (χ3n) is 2.84. The Balaban J connectivity index is 2.84. The second-order valence-corrected chi connectivity index (χ2v) is 6.26. The van der Waals surface area contributed by atoms with E-state index in [0.29, 0.717) is 6.61 Å². The normalized spacial score (nSPS) is 12.8. The molecule has 0 aromatic heterocycles. The van der Waals surface area contributed by atoms with Gasteiger partial charge in [-0.1, -0.05) is 25.5 Å². The molecule has 0 aliphatic carbocycles. The van der Waals surface area contributed by atoms with Gasteiger partial charge in [0.25, 0.3) is 0 Å². The van der Waals surface area contributed by atoms with Gasteiger partial charge in [-0.3, -0.25) is 0 Å². The molecule has 6 heteroatoms. The van der Waals surface area contributed by atoms with Gasteiger partial charge in [0, 0.05) is 13.2 Å². The van der Waals surface area contributed by atoms with Gasteiger partial charge in [0.2, 0.25) is 10.0 Å². The molecule has 1 rings (SSSR count). The topological polar surface area (TPSA) is 79.2 Å². The van der Waals surface area contributed by atoms with Crippen LogP contribution >= 0.6 is 0 Å². The maximum absolute atomic E-state index is 12.2. The fourth-order valence-corrected chi connectivity index (χ4v) is 3.15. The Bertz CT molecular complexity index is 541. The summed E-state index contributed by atoms with van der Waals surface area (Å²) in [5, 5.41) is 8.59. The van der Waals surface area contributed by atoms with Gasteiger partial charge in [0.15, 0.2) is 0 Å². The van der Waals surface area contributed by atoms with Crippen molar-refractivity contribution in [3.8, 4) is 6.07 Å². The monoisotopic (exact) mass is 296 g/mol. The summed E-state index contributed by atoms with van der Waals surface area (Å²) in [5.74, 6) is 0. The zero-order valence-corrected chi connectivity index (χ0v) is 12.6. The van der Waals surface area contributed by atoms with Crippen molar-refractivity contribution in [3.63, 3.8) is 0 Å². The highest BCUT2D eigenvalue weighted by molar-refractivity contribution is 7.89. The van der Waals surface area contributed by atoms with Crippen molar-refractivity contribution in [1.82, 2.24) is 4.72 Å². The van der Waals surface area contributed by atoms with Gasteiger partial charge in [-0.15, -0.1) is 0 Å². The first-order valence-corrected chi connectivity index (χ1v) is 7.99. The fraction of sp³-hybridized carbons (Fsp3) is 0.500. The van der Waals surface area contributed by atoms with Crippen LogP contribution in [0.3, 0.4) is 0 Å². The molecule has 1 unspecified atom stereocenters. The minimum Gasteiger partial charge on any atom is -0.383 e. The fourth-order valence-electron chi connectivity index (χ4n) is 1.89. The lowest BCUT2D eigenvalue weighted by Gasteiger charge is -2.17. The van der Waals surface area contributed by atoms with Crippen molar-refractivity contribution in [2.24, 2.45) is 0 Å². The van der Waals surface area contributed by atoms with E-state index in [1.807, 2.05) is 13.0 Å². The van der Waals surface area contributed by atoms with Crippen molar-refractivity contribution in [1.29, 1.82) is 5.26 Å². The van der Waals surface area contributed by atoms with E-state index in [1.165, 1.54) is 12.1 Å². The third kappa shape index (κ3) is 4.93. The van der Waals surface area contributed by atoms with Crippen molar-refractivity contribution >= 4 is 10.0 Å². The average Bonchev–Trinajstić information content (AvgIpc) is 2.40. The van der Waals surface area contributed by atoms with Gasteiger partial charge in [0.1, 0.15) is 0 Å². The highest BCUT2D eigenvalue weighted by atomic mass is 32.2. The first kappa shape index (κ1) is 16.6. The molecule has 1 aromatic carbocycles. The van der Waals surface area contributed by atoms with Crippen LogP contribution in [0.4, 0.5) is 0 Å². The summed E-state index contributed by atoms with van der Waals surface area (Å²) in [6, 6.07) is 8.15. The van der Waals surface area contributed by atoms with E-state index in [1.54, 1.807) is 19.2 Å². The van der Waals surface area contributed by atoms with Crippen LogP contribution in [0.5, 0.6) is 0 Å². The largest absolute Gasteiger partial charge is 0.383 e. The number of ether oxygens (including phenoxy) is 1. The number of nitriles is 1. The molecular formula is C14H20N2O3S. The summed E-state index contributed by atoms with van der Waals surface area (Å²) < 4.78 is 32.1. The highest BCUT2D eigenvalue weighted by Gasteiger charge is 2.19. The Morgan fingerprint density at radius 3 is 2.50 bits per heavy atom. The summed E-state index contributed by atoms with van der Waals surface area (Å²) in [6.07, 6.45) is 1.87. The van der Waals surface area contributed by atoms with Gasteiger partial charge in [-0.05, 0) is 24.1 Å². The quantitative estimate of drug-likeness (QED) is 0.794. The number of sulfonamides is 1. The van der Waals surface area contributed by atoms with Crippen molar-refractivity contribution < 1.29 is 13.2 Å². The van der Waals surface area contributed by atoms with Crippen LogP contribution in [0.1, 0.15) is 25.3 Å². The Kier molecular flexibility index (Phi) is 6.65. The lowest BCUT2D eigenvalue weighted by atomic mass is 10.2. The number of hydrogen-bond acceptors (Lipinski definition) is 4. The first-order valence-electron chi connectivity index (χ1n) is 6.50. The van der Waals surface area contributed by atoms with E-state index < -0.39 is 10.0 Å². The molecule has 0 saturated carbocycles. The molecule has 0 fully saturated rings. The number of nitrogens with one attached hydrogen (secondary N) is 1. The predicted molar refractivity (Wildman–Crippen MR) is 76.7 cm³/mol. The Hall–Kier alpha value is -1.42. The lowest BCUT2D eigenvalue weighted by Crippen LogP contribution is -2.37. The SMILES string of the molecule is CCCC(COC)NS(=O)(=O)c1ccc(CC#N)cc1. The van der Waals surface area contributed by atoms with Gasteiger partial charge in [0.05, 0.1) is 24.0 Å². The summed E-state index contributed by atoms with van der Waals surface area (Å²) in [7, 11) is -2.00. The Morgan fingerprint density at radius 2 is 2.00 bits per heavy atom. The van der Waals surface area contributed by atoms with Crippen LogP contribution < -0.4 is 4.72 Å². The predicted octanol–water partition coefficient (Wildman–Crippen LogP) is 1.85. The van der Waals surface area contributed by atoms with E-state index in [9.17, 15) is 8.42 Å². The number of methoxy groups -OCH3 is 1. The molecule has 0 aliphatic rings. The van der Waals surface area contributed by atoms with Crippen molar-refractivity contribution in [2.75, 3.05) is 13.7 Å². The molecule has 0 heterocycles. The molecule has 1 aromatic rings. The molecule has 0 radical (unpaired) electrons. The van der Waals surface area contributed by atoms with E-state index >= 15 is 0 Å². The number of hydrogen-bond donors (Lipinski definition) is 1. The second-order valence-electron chi connectivity index (χ2n) is 4.54. The maximum atomic E-state index is 12.2. The summed E-state index contributed by atoms with van der Waals surface area (Å²) in [4.78, 5) is 0.205. The molecule has 0 spiro atoms. The van der Waals surface area contributed by atoms with E-state index in [2.05, 4.69) is 4.72 Å². The van der Waals surface area contributed by atoms with Crippen LogP contribution in [0, 0.1) is 11.3 Å². The molecule has 5 nitrogen and oxygen atoms in total. The Labute approximate surface area is 120 Å². The molecule has 1 N–H and O–H groups in total. The molecule has 0 bridgehead atoms. The summed E-state index contributed by atoms with van der Waals surface area (Å²) in [5.41, 5.74) is 0.799. The van der Waals surface area contributed by atoms with Crippen molar-refractivity contribution in [2.45, 2.75) is 37.1 Å². The third-order valence-corrected chi connectivity index (χ3v) is 4.38. The van der Waals surface area contributed by atoms with Gasteiger partial charge >= 0.3 is 0 Å². The van der Waals surface area contributed by atoms with Gasteiger partial charge in [-0.25, -0.2) is 13.1 Å². The average molecular weight is 296 g/mol. The molecule has 0 amide bonds. The smallest absolute Gasteiger partial charge is 0.240 e. The first-order chi connectivity index (χ1) is 9.53. The highest BCUT2D eigenvalue weighted by Crippen LogP contribution is 2.12. The van der Waals surface area contributed by atoms with Crippen molar-refractivity contribution in [3.05, 3.63) is 29.8 Å². The number of nitrogens with zero attached hydrogens (tertiary/aromatic N) is 1. The molecule has 110 valence electrons. The van der Waals surface area contributed by atoms with Crippen LogP contribution in [0.25, 0.3) is 0 Å². The molecule has 0 aliphatic heterocycles. The van der Waals surface area contributed by atoms with Gasteiger partial charge in [-0.2, -0.15) is 5.26 Å². The minimum atomic E-state index is -3.55. The zero-order chi connectivity index (χ0) is 15.0. The summed E-state index contributed by atoms with van der Waals surface area (Å²) >= 11 is 0. The Morgan fingerprint density at radius 1 is 1.35 bits per heavy atom. The van der Waals surface area contributed by atoms with Crippen LogP contribution in [-0.2, 0) is 21.2 Å². The van der Waals surface area contributed by atoms with Gasteiger partial charge < -0.3 is 4.74 Å². The number of rotatable bonds is 8. The molecule has 0 saturated heterocycles. The number of benzene rings is 1.